The van der Waals surface area contributed by atoms with Gasteiger partial charge < -0.3 is 74.1 Å². The van der Waals surface area contributed by atoms with Crippen LogP contribution >= 0.6 is 0 Å². The highest BCUT2D eigenvalue weighted by molar-refractivity contribution is 5.86. The Morgan fingerprint density at radius 3 is 2.09 bits per heavy atom. The predicted molar refractivity (Wildman–Crippen MR) is 145 cm³/mol. The van der Waals surface area contributed by atoms with Crippen LogP contribution in [0.2, 0.25) is 0 Å². The van der Waals surface area contributed by atoms with Crippen LogP contribution in [0.15, 0.2) is 45.6 Å². The molecule has 16 heteroatoms. The second kappa shape index (κ2) is 12.8. The summed E-state index contributed by atoms with van der Waals surface area (Å²) in [6, 6.07) is 7.63. The number of phenolic OH excluding ortho intramolecular Hbond substituents is 2. The molecule has 1 aromatic heterocycles. The standard InChI is InChI=1S/C28H32O16/c1-39-16-4-10(2-3-12(16)31)15-7-14(33)20-13(32)5-11(6-17(20)41-15)40-28-26(24(37)22(35)19(9-30)43-28)44-27-25(38)23(36)21(34)18(8-29)42-27/h2-7,18-19,21-32,34-38H,8-9H2,1H3/t18-,19-,21-,22-,23-,24+,25-,26?,27+,28-/m1/s1. The number of hydrogen-bond acceptors (Lipinski definition) is 16. The van der Waals surface area contributed by atoms with Gasteiger partial charge in [-0.25, -0.2) is 0 Å². The lowest BCUT2D eigenvalue weighted by atomic mass is 9.97. The zero-order chi connectivity index (χ0) is 31.9. The molecule has 10 atom stereocenters. The van der Waals surface area contributed by atoms with Gasteiger partial charge in [-0.3, -0.25) is 4.79 Å². The lowest BCUT2D eigenvalue weighted by Crippen LogP contribution is -2.65. The summed E-state index contributed by atoms with van der Waals surface area (Å²) >= 11 is 0. The van der Waals surface area contributed by atoms with Crippen LogP contribution in [0.5, 0.6) is 23.0 Å². The van der Waals surface area contributed by atoms with Crippen LogP contribution in [0.25, 0.3) is 22.3 Å². The number of benzene rings is 2. The minimum atomic E-state index is -1.87. The lowest BCUT2D eigenvalue weighted by molar-refractivity contribution is -0.357. The Morgan fingerprint density at radius 1 is 0.773 bits per heavy atom. The highest BCUT2D eigenvalue weighted by Gasteiger charge is 2.51. The number of phenols is 2. The Balaban J connectivity index is 1.48. The van der Waals surface area contributed by atoms with E-state index in [1.165, 1.54) is 31.4 Å². The average molecular weight is 625 g/mol. The minimum absolute atomic E-state index is 0.0500. The first-order valence-electron chi connectivity index (χ1n) is 13.4. The summed E-state index contributed by atoms with van der Waals surface area (Å²) in [5.41, 5.74) is -0.402. The van der Waals surface area contributed by atoms with Crippen LogP contribution in [0.1, 0.15) is 0 Å². The van der Waals surface area contributed by atoms with E-state index in [-0.39, 0.29) is 34.0 Å². The van der Waals surface area contributed by atoms with E-state index >= 15 is 0 Å². The summed E-state index contributed by atoms with van der Waals surface area (Å²) in [6.07, 6.45) is -16.8. The van der Waals surface area contributed by atoms with Crippen LogP contribution in [0.3, 0.4) is 0 Å². The molecule has 2 aromatic carbocycles. The largest absolute Gasteiger partial charge is 0.507 e. The molecule has 2 aliphatic rings. The van der Waals surface area contributed by atoms with E-state index in [1.54, 1.807) is 0 Å². The van der Waals surface area contributed by atoms with Crippen molar-refractivity contribution in [1.29, 1.82) is 0 Å². The van der Waals surface area contributed by atoms with Crippen molar-refractivity contribution in [3.05, 3.63) is 46.6 Å². The van der Waals surface area contributed by atoms with Gasteiger partial charge in [-0.1, -0.05) is 0 Å². The topological polar surface area (TPSA) is 258 Å². The molecule has 0 spiro atoms. The van der Waals surface area contributed by atoms with E-state index in [2.05, 4.69) is 0 Å². The number of hydrogen-bond donors (Lipinski definition) is 9. The smallest absolute Gasteiger partial charge is 0.229 e. The van der Waals surface area contributed by atoms with Crippen LogP contribution < -0.4 is 14.9 Å². The monoisotopic (exact) mass is 624 g/mol. The Morgan fingerprint density at radius 2 is 1.43 bits per heavy atom. The van der Waals surface area contributed by atoms with Crippen molar-refractivity contribution >= 4 is 11.0 Å². The summed E-state index contributed by atoms with van der Waals surface area (Å²) in [6.45, 7) is -1.52. The van der Waals surface area contributed by atoms with Crippen LogP contribution in [0.4, 0.5) is 0 Å². The molecule has 2 saturated heterocycles. The van der Waals surface area contributed by atoms with Crippen LogP contribution in [0, 0.1) is 0 Å². The molecule has 0 aliphatic carbocycles. The number of aliphatic hydroxyl groups is 7. The molecule has 5 rings (SSSR count). The molecule has 0 saturated carbocycles. The van der Waals surface area contributed by atoms with Crippen molar-refractivity contribution in [1.82, 2.24) is 0 Å². The van der Waals surface area contributed by atoms with Gasteiger partial charge in [0.05, 0.1) is 20.3 Å². The van der Waals surface area contributed by atoms with Crippen molar-refractivity contribution in [3.8, 4) is 34.3 Å². The van der Waals surface area contributed by atoms with Gasteiger partial charge in [-0.05, 0) is 18.2 Å². The third-order valence-corrected chi connectivity index (χ3v) is 7.46. The third-order valence-electron chi connectivity index (χ3n) is 7.46. The maximum atomic E-state index is 12.9. The number of rotatable bonds is 8. The van der Waals surface area contributed by atoms with Crippen molar-refractivity contribution in [3.63, 3.8) is 0 Å². The molecule has 0 radical (unpaired) electrons. The van der Waals surface area contributed by atoms with Crippen molar-refractivity contribution < 1.29 is 74.1 Å². The van der Waals surface area contributed by atoms with Crippen molar-refractivity contribution in [2.45, 2.75) is 61.4 Å². The maximum absolute atomic E-state index is 12.9. The Hall–Kier alpha value is -3.55. The summed E-state index contributed by atoms with van der Waals surface area (Å²) < 4.78 is 33.4. The fourth-order valence-electron chi connectivity index (χ4n) is 5.05. The van der Waals surface area contributed by atoms with Gasteiger partial charge in [0, 0.05) is 23.8 Å². The van der Waals surface area contributed by atoms with Gasteiger partial charge in [0.25, 0.3) is 0 Å². The number of methoxy groups -OCH3 is 1. The van der Waals surface area contributed by atoms with E-state index in [4.69, 9.17) is 28.1 Å². The second-order valence-corrected chi connectivity index (χ2v) is 10.3. The van der Waals surface area contributed by atoms with Crippen LogP contribution in [-0.2, 0) is 14.2 Å². The molecular formula is C28H32O16. The van der Waals surface area contributed by atoms with E-state index < -0.39 is 85.8 Å². The molecular weight excluding hydrogens is 592 g/mol. The highest BCUT2D eigenvalue weighted by atomic mass is 16.8. The molecule has 3 heterocycles. The molecule has 240 valence electrons. The first kappa shape index (κ1) is 31.9. The number of fused-ring (bicyclic) bond motifs is 1. The summed E-state index contributed by atoms with van der Waals surface area (Å²) in [5, 5.41) is 91.5. The Kier molecular flexibility index (Phi) is 9.28. The van der Waals surface area contributed by atoms with Gasteiger partial charge in [0.15, 0.2) is 29.3 Å². The Bertz CT molecular complexity index is 1520. The highest BCUT2D eigenvalue weighted by Crippen LogP contribution is 2.36. The molecule has 1 unspecified atom stereocenters. The molecule has 0 bridgehead atoms. The molecule has 16 nitrogen and oxygen atoms in total. The Labute approximate surface area is 248 Å². The molecule has 0 amide bonds. The zero-order valence-corrected chi connectivity index (χ0v) is 23.0. The first-order valence-corrected chi connectivity index (χ1v) is 13.4. The van der Waals surface area contributed by atoms with E-state index in [9.17, 15) is 50.8 Å². The number of aromatic hydroxyl groups is 2. The maximum Gasteiger partial charge on any atom is 0.229 e. The lowest BCUT2D eigenvalue weighted by Gasteiger charge is -2.45. The fraction of sp³-hybridized carbons (Fsp3) is 0.464. The molecule has 9 N–H and O–H groups in total. The first-order chi connectivity index (χ1) is 21.0. The normalized spacial score (nSPS) is 32.5. The molecule has 44 heavy (non-hydrogen) atoms. The van der Waals surface area contributed by atoms with E-state index in [0.717, 1.165) is 12.1 Å². The molecule has 2 fully saturated rings. The third kappa shape index (κ3) is 5.92. The average Bonchev–Trinajstić information content (AvgIpc) is 3.00. The molecule has 2 aliphatic heterocycles. The predicted octanol–water partition coefficient (Wildman–Crippen LogP) is -2.12. The fourth-order valence-corrected chi connectivity index (χ4v) is 5.05. The van der Waals surface area contributed by atoms with E-state index in [0.29, 0.717) is 5.56 Å². The summed E-state index contributed by atoms with van der Waals surface area (Å²) in [5.74, 6) is -0.721. The van der Waals surface area contributed by atoms with Gasteiger partial charge >= 0.3 is 0 Å². The van der Waals surface area contributed by atoms with Crippen molar-refractivity contribution in [2.75, 3.05) is 20.3 Å². The quantitative estimate of drug-likeness (QED) is 0.130. The zero-order valence-electron chi connectivity index (χ0n) is 23.0. The van der Waals surface area contributed by atoms with Gasteiger partial charge in [0.1, 0.15) is 71.0 Å². The summed E-state index contributed by atoms with van der Waals surface area (Å²) in [7, 11) is 1.34. The number of aliphatic hydroxyl groups excluding tert-OH is 7. The van der Waals surface area contributed by atoms with E-state index in [1.807, 2.05) is 0 Å². The van der Waals surface area contributed by atoms with Gasteiger partial charge in [-0.2, -0.15) is 0 Å². The van der Waals surface area contributed by atoms with Crippen molar-refractivity contribution in [2.24, 2.45) is 0 Å². The van der Waals surface area contributed by atoms with Gasteiger partial charge in [-0.15, -0.1) is 0 Å². The van der Waals surface area contributed by atoms with Gasteiger partial charge in [0.2, 0.25) is 6.29 Å². The SMILES string of the molecule is COc1cc(-c2cc(=O)c3c(O)cc(O[C@@H]4O[C@H](CO)[C@@H](O)[C@H](O)C4O[C@@H]4O[C@H](CO)[C@@H](O)[C@@H](O)[C@H]4O)cc3o2)ccc1O. The summed E-state index contributed by atoms with van der Waals surface area (Å²) in [4.78, 5) is 12.9. The number of ether oxygens (including phenoxy) is 5. The molecule has 3 aromatic rings. The minimum Gasteiger partial charge on any atom is -0.507 e. The van der Waals surface area contributed by atoms with Crippen LogP contribution in [-0.4, -0.2) is 128 Å². The second-order valence-electron chi connectivity index (χ2n) is 10.3.